The number of para-hydroxylation sites is 2. The summed E-state index contributed by atoms with van der Waals surface area (Å²) in [6, 6.07) is 28.9. The van der Waals surface area contributed by atoms with E-state index in [1.807, 2.05) is 36.4 Å². The molecule has 1 aliphatic rings. The van der Waals surface area contributed by atoms with Crippen LogP contribution in [0.2, 0.25) is 5.02 Å². The van der Waals surface area contributed by atoms with Gasteiger partial charge >= 0.3 is 0 Å². The molecule has 0 bridgehead atoms. The van der Waals surface area contributed by atoms with Crippen molar-refractivity contribution in [1.82, 2.24) is 4.57 Å². The Bertz CT molecular complexity index is 2140. The van der Waals surface area contributed by atoms with E-state index in [4.69, 9.17) is 21.3 Å². The minimum atomic E-state index is -0.746. The molecule has 224 valence electrons. The van der Waals surface area contributed by atoms with Gasteiger partial charge in [-0.15, -0.1) is 0 Å². The van der Waals surface area contributed by atoms with Crippen molar-refractivity contribution < 1.29 is 14.5 Å². The van der Waals surface area contributed by atoms with Crippen molar-refractivity contribution in [2.45, 2.75) is 19.6 Å². The molecule has 2 heterocycles. The largest absolute Gasteiger partial charge is 0.488 e. The predicted molar refractivity (Wildman–Crippen MR) is 174 cm³/mol. The van der Waals surface area contributed by atoms with Gasteiger partial charge in [-0.1, -0.05) is 83.6 Å². The topological polar surface area (TPSA) is 116 Å². The van der Waals surface area contributed by atoms with Crippen LogP contribution in [-0.2, 0) is 11.4 Å². The van der Waals surface area contributed by atoms with E-state index < -0.39 is 11.0 Å². The molecular formula is C34H25ClN4O5S. The molecule has 11 heteroatoms. The van der Waals surface area contributed by atoms with Crippen LogP contribution < -0.4 is 24.9 Å². The summed E-state index contributed by atoms with van der Waals surface area (Å²) >= 11 is 7.40. The van der Waals surface area contributed by atoms with Crippen molar-refractivity contribution in [2.24, 2.45) is 4.99 Å². The highest BCUT2D eigenvalue weighted by Gasteiger charge is 2.32. The van der Waals surface area contributed by atoms with Gasteiger partial charge in [0.15, 0.2) is 4.80 Å². The highest BCUT2D eigenvalue weighted by atomic mass is 35.5. The molecule has 1 aromatic heterocycles. The first-order chi connectivity index (χ1) is 21.8. The zero-order valence-electron chi connectivity index (χ0n) is 23.8. The Balaban J connectivity index is 1.40. The van der Waals surface area contributed by atoms with Gasteiger partial charge in [0.2, 0.25) is 0 Å². The summed E-state index contributed by atoms with van der Waals surface area (Å²) in [6.07, 6.45) is 1.73. The average molecular weight is 637 g/mol. The molecule has 9 nitrogen and oxygen atoms in total. The Hall–Kier alpha value is -5.32. The third-order valence-corrected chi connectivity index (χ3v) is 8.44. The van der Waals surface area contributed by atoms with Crippen LogP contribution in [-0.4, -0.2) is 15.4 Å². The van der Waals surface area contributed by atoms with Gasteiger partial charge in [0.1, 0.15) is 12.4 Å². The number of ether oxygens (including phenoxy) is 1. The number of nitrogens with one attached hydrogen (secondary N) is 1. The second-order valence-corrected chi connectivity index (χ2v) is 11.7. The van der Waals surface area contributed by atoms with E-state index in [0.29, 0.717) is 53.8 Å². The Morgan fingerprint density at radius 1 is 1.04 bits per heavy atom. The highest BCUT2D eigenvalue weighted by molar-refractivity contribution is 7.07. The molecule has 0 saturated heterocycles. The number of halogens is 1. The summed E-state index contributed by atoms with van der Waals surface area (Å²) < 4.78 is 7.98. The maximum Gasteiger partial charge on any atom is 0.271 e. The number of fused-ring (bicyclic) bond motifs is 1. The van der Waals surface area contributed by atoms with E-state index in [9.17, 15) is 19.7 Å². The van der Waals surface area contributed by atoms with Crippen LogP contribution in [0.25, 0.3) is 6.08 Å². The second-order valence-electron chi connectivity index (χ2n) is 10.2. The normalized spacial score (nSPS) is 14.4. The predicted octanol–water partition coefficient (Wildman–Crippen LogP) is 6.01. The van der Waals surface area contributed by atoms with Crippen molar-refractivity contribution >= 4 is 46.3 Å². The van der Waals surface area contributed by atoms with Crippen LogP contribution in [0.1, 0.15) is 29.7 Å². The second kappa shape index (κ2) is 12.7. The lowest BCUT2D eigenvalue weighted by atomic mass is 9.95. The van der Waals surface area contributed by atoms with E-state index in [1.165, 1.54) is 23.5 Å². The fourth-order valence-electron chi connectivity index (χ4n) is 5.09. The molecule has 1 unspecified atom stereocenters. The molecule has 0 fully saturated rings. The van der Waals surface area contributed by atoms with Crippen LogP contribution in [0.4, 0.5) is 11.4 Å². The summed E-state index contributed by atoms with van der Waals surface area (Å²) in [5.41, 5.74) is 3.12. The molecule has 0 saturated carbocycles. The zero-order valence-corrected chi connectivity index (χ0v) is 25.4. The maximum absolute atomic E-state index is 14.1. The third-order valence-electron chi connectivity index (χ3n) is 7.21. The van der Waals surface area contributed by atoms with E-state index in [-0.39, 0.29) is 23.8 Å². The lowest BCUT2D eigenvalue weighted by molar-refractivity contribution is -0.384. The number of hydrogen-bond donors (Lipinski definition) is 1. The molecule has 5 aromatic rings. The molecular weight excluding hydrogens is 612 g/mol. The highest BCUT2D eigenvalue weighted by Crippen LogP contribution is 2.31. The molecule has 0 spiro atoms. The van der Waals surface area contributed by atoms with Crippen molar-refractivity contribution in [3.63, 3.8) is 0 Å². The average Bonchev–Trinajstić information content (AvgIpc) is 3.34. The van der Waals surface area contributed by atoms with E-state index >= 15 is 0 Å². The Kier molecular flexibility index (Phi) is 8.41. The molecule has 1 aliphatic heterocycles. The van der Waals surface area contributed by atoms with Gasteiger partial charge in [-0.25, -0.2) is 4.99 Å². The van der Waals surface area contributed by atoms with Crippen LogP contribution in [0.15, 0.2) is 124 Å². The lowest BCUT2D eigenvalue weighted by Gasteiger charge is -2.25. The number of allylic oxidation sites excluding steroid dienone is 1. The number of nitrogens with zero attached hydrogens (tertiary/aromatic N) is 3. The fraction of sp³-hybridized carbons (Fsp3) is 0.0882. The Morgan fingerprint density at radius 3 is 2.53 bits per heavy atom. The van der Waals surface area contributed by atoms with Crippen molar-refractivity contribution in [3.8, 4) is 5.75 Å². The number of carbonyl (C=O) groups is 1. The number of rotatable bonds is 8. The Labute approximate surface area is 266 Å². The molecule has 1 N–H and O–H groups in total. The van der Waals surface area contributed by atoms with Gasteiger partial charge in [-0.2, -0.15) is 0 Å². The number of aromatic nitrogens is 1. The van der Waals surface area contributed by atoms with Gasteiger partial charge in [-0.05, 0) is 54.5 Å². The molecule has 0 aliphatic carbocycles. The first-order valence-corrected chi connectivity index (χ1v) is 15.1. The van der Waals surface area contributed by atoms with Gasteiger partial charge < -0.3 is 10.1 Å². The summed E-state index contributed by atoms with van der Waals surface area (Å²) in [5, 5.41) is 14.6. The molecule has 6 rings (SSSR count). The van der Waals surface area contributed by atoms with Crippen molar-refractivity contribution in [1.29, 1.82) is 0 Å². The van der Waals surface area contributed by atoms with Crippen LogP contribution in [0.5, 0.6) is 5.75 Å². The monoisotopic (exact) mass is 636 g/mol. The number of benzene rings is 4. The number of nitro benzene ring substituents is 1. The van der Waals surface area contributed by atoms with Crippen LogP contribution in [0.3, 0.4) is 0 Å². The van der Waals surface area contributed by atoms with E-state index in [0.717, 1.165) is 0 Å². The van der Waals surface area contributed by atoms with Crippen LogP contribution in [0, 0.1) is 10.1 Å². The molecule has 4 aromatic carbocycles. The molecule has 1 amide bonds. The smallest absolute Gasteiger partial charge is 0.271 e. The van der Waals surface area contributed by atoms with Gasteiger partial charge in [0.25, 0.3) is 17.2 Å². The van der Waals surface area contributed by atoms with E-state index in [1.54, 1.807) is 72.2 Å². The minimum absolute atomic E-state index is 0.0205. The SMILES string of the molecule is CC1=C(C(=O)Nc2ccccc2)C(c2ccc(Cl)cc2)n2c(s/c(=C/c3ccccc3OCc3cccc([N+](=O)[O-])c3)c2=O)=N1. The number of hydrogen-bond acceptors (Lipinski definition) is 7. The number of nitro groups is 1. The number of non-ortho nitro benzene ring substituents is 1. The quantitative estimate of drug-likeness (QED) is 0.165. The van der Waals surface area contributed by atoms with Gasteiger partial charge in [-0.3, -0.25) is 24.3 Å². The summed E-state index contributed by atoms with van der Waals surface area (Å²) in [6.45, 7) is 1.86. The van der Waals surface area contributed by atoms with Crippen LogP contribution >= 0.6 is 22.9 Å². The standard InChI is InChI=1S/C34H25ClN4O5S/c1-21-30(32(40)37-26-10-3-2-4-11-26)31(23-14-16-25(35)17-15-23)38-33(41)29(45-34(38)36-21)19-24-9-5-6-13-28(24)44-20-22-8-7-12-27(18-22)39(42)43/h2-19,31H,20H2,1H3,(H,37,40)/b29-19+. The van der Waals surface area contributed by atoms with Crippen molar-refractivity contribution in [2.75, 3.05) is 5.32 Å². The summed E-state index contributed by atoms with van der Waals surface area (Å²) in [7, 11) is 0. The number of amides is 1. The first kappa shape index (κ1) is 29.7. The maximum atomic E-state index is 14.1. The first-order valence-electron chi connectivity index (χ1n) is 13.9. The summed E-state index contributed by atoms with van der Waals surface area (Å²) in [5.74, 6) is 0.139. The zero-order chi connectivity index (χ0) is 31.5. The van der Waals surface area contributed by atoms with E-state index in [2.05, 4.69) is 5.32 Å². The lowest BCUT2D eigenvalue weighted by Crippen LogP contribution is -2.40. The van der Waals surface area contributed by atoms with Gasteiger partial charge in [0, 0.05) is 28.4 Å². The molecule has 0 radical (unpaired) electrons. The van der Waals surface area contributed by atoms with Crippen molar-refractivity contribution in [3.05, 3.63) is 166 Å². The molecule has 1 atom stereocenters. The number of anilines is 1. The molecule has 45 heavy (non-hydrogen) atoms. The summed E-state index contributed by atoms with van der Waals surface area (Å²) in [4.78, 5) is 43.7. The van der Waals surface area contributed by atoms with Gasteiger partial charge in [0.05, 0.1) is 26.8 Å². The Morgan fingerprint density at radius 2 is 1.78 bits per heavy atom. The fourth-order valence-corrected chi connectivity index (χ4v) is 6.25. The minimum Gasteiger partial charge on any atom is -0.488 e. The number of carbonyl (C=O) groups excluding carboxylic acids is 1. The third kappa shape index (κ3) is 6.33. The number of thiazole rings is 1.